The third-order valence-electron chi connectivity index (χ3n) is 2.31. The Morgan fingerprint density at radius 3 is 2.58 bits per heavy atom. The molecule has 1 heterocycles. The Labute approximate surface area is 117 Å². The number of hydrogen-bond acceptors (Lipinski definition) is 5. The second-order valence-electron chi connectivity index (χ2n) is 5.39. The number of hydrogen-bond donors (Lipinski definition) is 3. The summed E-state index contributed by atoms with van der Waals surface area (Å²) < 4.78 is 5.04. The Kier molecular flexibility index (Phi) is 5.34. The van der Waals surface area contributed by atoms with E-state index in [0.717, 1.165) is 4.88 Å². The maximum atomic E-state index is 11.4. The molecule has 0 aliphatic rings. The molecule has 0 saturated heterocycles. The Bertz CT molecular complexity index is 425. The fourth-order valence-electron chi connectivity index (χ4n) is 1.45. The van der Waals surface area contributed by atoms with Gasteiger partial charge in [0.05, 0.1) is 0 Å². The van der Waals surface area contributed by atoms with Gasteiger partial charge in [-0.2, -0.15) is 0 Å². The lowest BCUT2D eigenvalue weighted by molar-refractivity contribution is 0.0131. The first-order valence-electron chi connectivity index (χ1n) is 6.07. The number of carbonyl (C=O) groups is 1. The fourth-order valence-corrected chi connectivity index (χ4v) is 2.19. The molecule has 0 saturated carbocycles. The second-order valence-corrected chi connectivity index (χ2v) is 6.50. The zero-order valence-electron chi connectivity index (χ0n) is 11.6. The van der Waals surface area contributed by atoms with Gasteiger partial charge in [-0.3, -0.25) is 0 Å². The summed E-state index contributed by atoms with van der Waals surface area (Å²) >= 11 is 1.50. The van der Waals surface area contributed by atoms with Crippen LogP contribution in [-0.4, -0.2) is 34.6 Å². The number of aryl methyl sites for hydroxylation is 1. The molecule has 6 heteroatoms. The predicted octanol–water partition coefficient (Wildman–Crippen LogP) is 1.98. The molecule has 0 spiro atoms. The van der Waals surface area contributed by atoms with Gasteiger partial charge in [-0.1, -0.05) is 0 Å². The Morgan fingerprint density at radius 2 is 2.11 bits per heavy atom. The number of amides is 1. The molecule has 3 N–H and O–H groups in total. The molecule has 0 aromatic carbocycles. The molecular weight excluding hydrogens is 266 g/mol. The molecule has 0 aliphatic heterocycles. The average molecular weight is 287 g/mol. The summed E-state index contributed by atoms with van der Waals surface area (Å²) in [6.07, 6.45) is -2.69. The first-order chi connectivity index (χ1) is 8.69. The summed E-state index contributed by atoms with van der Waals surface area (Å²) in [5, 5.41) is 23.9. The standard InChI is InChI=1S/C13H21NO4S/c1-8-5-9(7-19-8)11(16)10(15)6-14-12(17)18-13(2,3)4/h5,7,10-11,15-16H,6H2,1-4H3,(H,14,17). The molecule has 5 nitrogen and oxygen atoms in total. The van der Waals surface area contributed by atoms with Crippen LogP contribution in [0, 0.1) is 6.92 Å². The van der Waals surface area contributed by atoms with Crippen LogP contribution in [0.5, 0.6) is 0 Å². The Hall–Kier alpha value is -1.11. The quantitative estimate of drug-likeness (QED) is 0.791. The van der Waals surface area contributed by atoms with E-state index in [9.17, 15) is 15.0 Å². The zero-order valence-corrected chi connectivity index (χ0v) is 12.5. The van der Waals surface area contributed by atoms with Crippen molar-refractivity contribution >= 4 is 17.4 Å². The molecule has 1 rings (SSSR count). The highest BCUT2D eigenvalue weighted by Gasteiger charge is 2.21. The van der Waals surface area contributed by atoms with Gasteiger partial charge in [-0.15, -0.1) is 11.3 Å². The summed E-state index contributed by atoms with van der Waals surface area (Å²) in [6.45, 7) is 7.13. The highest BCUT2D eigenvalue weighted by atomic mass is 32.1. The maximum absolute atomic E-state index is 11.4. The van der Waals surface area contributed by atoms with Gasteiger partial charge < -0.3 is 20.3 Å². The molecule has 19 heavy (non-hydrogen) atoms. The van der Waals surface area contributed by atoms with E-state index in [2.05, 4.69) is 5.32 Å². The van der Waals surface area contributed by atoms with Crippen LogP contribution in [0.25, 0.3) is 0 Å². The largest absolute Gasteiger partial charge is 0.444 e. The summed E-state index contributed by atoms with van der Waals surface area (Å²) in [5.74, 6) is 0. The van der Waals surface area contributed by atoms with Crippen LogP contribution in [0.15, 0.2) is 11.4 Å². The van der Waals surface area contributed by atoms with Crippen LogP contribution in [0.2, 0.25) is 0 Å². The van der Waals surface area contributed by atoms with Crippen molar-refractivity contribution < 1.29 is 19.7 Å². The average Bonchev–Trinajstić information content (AvgIpc) is 2.69. The van der Waals surface area contributed by atoms with Crippen molar-refractivity contribution in [2.24, 2.45) is 0 Å². The summed E-state index contributed by atoms with van der Waals surface area (Å²) in [6, 6.07) is 1.81. The first kappa shape index (κ1) is 15.9. The van der Waals surface area contributed by atoms with E-state index < -0.39 is 23.9 Å². The molecule has 2 unspecified atom stereocenters. The lowest BCUT2D eigenvalue weighted by Crippen LogP contribution is -2.38. The van der Waals surface area contributed by atoms with Gasteiger partial charge in [0.15, 0.2) is 0 Å². The van der Waals surface area contributed by atoms with E-state index in [4.69, 9.17) is 4.74 Å². The lowest BCUT2D eigenvalue weighted by Gasteiger charge is -2.21. The zero-order chi connectivity index (χ0) is 14.6. The number of ether oxygens (including phenoxy) is 1. The van der Waals surface area contributed by atoms with Gasteiger partial charge in [-0.25, -0.2) is 4.79 Å². The minimum atomic E-state index is -1.07. The normalized spacial score (nSPS) is 14.8. The summed E-state index contributed by atoms with van der Waals surface area (Å²) in [7, 11) is 0. The van der Waals surface area contributed by atoms with Crippen molar-refractivity contribution in [2.45, 2.75) is 45.5 Å². The van der Waals surface area contributed by atoms with Gasteiger partial charge in [0.25, 0.3) is 0 Å². The maximum Gasteiger partial charge on any atom is 0.407 e. The number of nitrogens with one attached hydrogen (secondary N) is 1. The number of thiophene rings is 1. The van der Waals surface area contributed by atoms with Gasteiger partial charge in [-0.05, 0) is 44.7 Å². The number of carbonyl (C=O) groups excluding carboxylic acids is 1. The van der Waals surface area contributed by atoms with Crippen LogP contribution >= 0.6 is 11.3 Å². The molecular formula is C13H21NO4S. The first-order valence-corrected chi connectivity index (χ1v) is 6.95. The summed E-state index contributed by atoms with van der Waals surface area (Å²) in [5.41, 5.74) is 0.0685. The van der Waals surface area contributed by atoms with Crippen LogP contribution < -0.4 is 5.32 Å². The minimum Gasteiger partial charge on any atom is -0.444 e. The van der Waals surface area contributed by atoms with E-state index in [0.29, 0.717) is 5.56 Å². The van der Waals surface area contributed by atoms with Gasteiger partial charge in [0.1, 0.15) is 17.8 Å². The van der Waals surface area contributed by atoms with Crippen molar-refractivity contribution in [3.8, 4) is 0 Å². The topological polar surface area (TPSA) is 78.8 Å². The smallest absolute Gasteiger partial charge is 0.407 e. The SMILES string of the molecule is Cc1cc(C(O)C(O)CNC(=O)OC(C)(C)C)cs1. The van der Waals surface area contributed by atoms with E-state index in [1.807, 2.05) is 13.0 Å². The number of aliphatic hydroxyl groups excluding tert-OH is 2. The lowest BCUT2D eigenvalue weighted by atomic mass is 10.1. The van der Waals surface area contributed by atoms with Gasteiger partial charge in [0.2, 0.25) is 0 Å². The monoisotopic (exact) mass is 287 g/mol. The van der Waals surface area contributed by atoms with Gasteiger partial charge >= 0.3 is 6.09 Å². The minimum absolute atomic E-state index is 0.0645. The highest BCUT2D eigenvalue weighted by molar-refractivity contribution is 7.10. The van der Waals surface area contributed by atoms with Crippen molar-refractivity contribution in [3.05, 3.63) is 21.9 Å². The molecule has 1 aromatic heterocycles. The Balaban J connectivity index is 2.43. The molecule has 1 aromatic rings. The second kappa shape index (κ2) is 6.36. The third-order valence-corrected chi connectivity index (χ3v) is 3.19. The van der Waals surface area contributed by atoms with E-state index in [1.165, 1.54) is 11.3 Å². The van der Waals surface area contributed by atoms with E-state index in [1.54, 1.807) is 26.2 Å². The van der Waals surface area contributed by atoms with Crippen LogP contribution in [0.1, 0.15) is 37.3 Å². The molecule has 108 valence electrons. The number of alkyl carbamates (subject to hydrolysis) is 1. The van der Waals surface area contributed by atoms with E-state index >= 15 is 0 Å². The molecule has 0 bridgehead atoms. The van der Waals surface area contributed by atoms with E-state index in [-0.39, 0.29) is 6.54 Å². The van der Waals surface area contributed by atoms with Crippen molar-refractivity contribution in [1.82, 2.24) is 5.32 Å². The third kappa shape index (κ3) is 5.59. The highest BCUT2D eigenvalue weighted by Crippen LogP contribution is 2.22. The van der Waals surface area contributed by atoms with Gasteiger partial charge in [0, 0.05) is 11.4 Å². The molecule has 1 amide bonds. The molecule has 0 aliphatic carbocycles. The molecule has 0 radical (unpaired) electrons. The molecule has 0 fully saturated rings. The number of rotatable bonds is 4. The van der Waals surface area contributed by atoms with Crippen molar-refractivity contribution in [2.75, 3.05) is 6.54 Å². The van der Waals surface area contributed by atoms with Crippen LogP contribution in [0.4, 0.5) is 4.79 Å². The molecule has 2 atom stereocenters. The predicted molar refractivity (Wildman–Crippen MR) is 74.3 cm³/mol. The Morgan fingerprint density at radius 1 is 1.47 bits per heavy atom. The number of aliphatic hydroxyl groups is 2. The van der Waals surface area contributed by atoms with Crippen molar-refractivity contribution in [3.63, 3.8) is 0 Å². The summed E-state index contributed by atoms with van der Waals surface area (Å²) in [4.78, 5) is 12.5. The van der Waals surface area contributed by atoms with Crippen LogP contribution in [-0.2, 0) is 4.74 Å². The van der Waals surface area contributed by atoms with Crippen molar-refractivity contribution in [1.29, 1.82) is 0 Å². The van der Waals surface area contributed by atoms with Crippen LogP contribution in [0.3, 0.4) is 0 Å². The fraction of sp³-hybridized carbons (Fsp3) is 0.615.